The van der Waals surface area contributed by atoms with Crippen molar-refractivity contribution in [3.05, 3.63) is 54.1 Å². The second-order valence-corrected chi connectivity index (χ2v) is 8.85. The summed E-state index contributed by atoms with van der Waals surface area (Å²) in [6.45, 7) is 2.94. The number of carbonyl (C=O) groups is 2. The van der Waals surface area contributed by atoms with Crippen molar-refractivity contribution in [3.8, 4) is 0 Å². The van der Waals surface area contributed by atoms with Crippen LogP contribution in [0, 0.1) is 0 Å². The smallest absolute Gasteiger partial charge is 0.242 e. The number of hydrogen-bond acceptors (Lipinski definition) is 5. The lowest BCUT2D eigenvalue weighted by atomic mass is 10.1. The van der Waals surface area contributed by atoms with Gasteiger partial charge in [0.2, 0.25) is 21.8 Å². The normalized spacial score (nSPS) is 15.1. The fourth-order valence-corrected chi connectivity index (χ4v) is 3.82. The van der Waals surface area contributed by atoms with Gasteiger partial charge in [-0.05, 0) is 61.7 Å². The first-order valence-corrected chi connectivity index (χ1v) is 11.3. The predicted molar refractivity (Wildman–Crippen MR) is 116 cm³/mol. The molecule has 0 saturated carbocycles. The van der Waals surface area contributed by atoms with Crippen molar-refractivity contribution in [3.63, 3.8) is 0 Å². The summed E-state index contributed by atoms with van der Waals surface area (Å²) in [5.41, 5.74) is 2.57. The van der Waals surface area contributed by atoms with Gasteiger partial charge in [0.1, 0.15) is 6.04 Å². The van der Waals surface area contributed by atoms with Crippen molar-refractivity contribution in [2.75, 3.05) is 23.3 Å². The summed E-state index contributed by atoms with van der Waals surface area (Å²) in [6.07, 6.45) is 2.04. The predicted octanol–water partition coefficient (Wildman–Crippen LogP) is 1.62. The Morgan fingerprint density at radius 3 is 2.37 bits per heavy atom. The molecule has 0 radical (unpaired) electrons. The van der Waals surface area contributed by atoms with E-state index in [0.29, 0.717) is 19.4 Å². The molecule has 0 bridgehead atoms. The SMILES string of the molecule is C[C@H](Nc1ccc(N2CCCC2=O)cc1)C(=O)NCCc1ccc(S(N)(=O)=O)cc1. The molecule has 9 heteroatoms. The van der Waals surface area contributed by atoms with Gasteiger partial charge < -0.3 is 15.5 Å². The van der Waals surface area contributed by atoms with Gasteiger partial charge in [0.05, 0.1) is 4.90 Å². The number of primary sulfonamides is 1. The van der Waals surface area contributed by atoms with Gasteiger partial charge in [0.15, 0.2) is 0 Å². The highest BCUT2D eigenvalue weighted by Crippen LogP contribution is 2.23. The van der Waals surface area contributed by atoms with Crippen molar-refractivity contribution in [2.45, 2.75) is 37.1 Å². The Kier molecular flexibility index (Phi) is 6.73. The molecule has 0 unspecified atom stereocenters. The molecule has 1 saturated heterocycles. The molecule has 0 spiro atoms. The van der Waals surface area contributed by atoms with Crippen LogP contribution < -0.4 is 20.7 Å². The molecule has 1 heterocycles. The van der Waals surface area contributed by atoms with E-state index in [1.807, 2.05) is 24.3 Å². The highest BCUT2D eigenvalue weighted by atomic mass is 32.2. The van der Waals surface area contributed by atoms with Crippen molar-refractivity contribution in [2.24, 2.45) is 5.14 Å². The van der Waals surface area contributed by atoms with E-state index < -0.39 is 16.1 Å². The average Bonchev–Trinajstić information content (AvgIpc) is 3.14. The Morgan fingerprint density at radius 2 is 1.80 bits per heavy atom. The molecule has 30 heavy (non-hydrogen) atoms. The van der Waals surface area contributed by atoms with Crippen LogP contribution in [0.4, 0.5) is 11.4 Å². The Morgan fingerprint density at radius 1 is 1.13 bits per heavy atom. The summed E-state index contributed by atoms with van der Waals surface area (Å²) in [4.78, 5) is 26.0. The molecule has 160 valence electrons. The molecule has 0 aromatic heterocycles. The van der Waals surface area contributed by atoms with Crippen molar-refractivity contribution in [1.82, 2.24) is 5.32 Å². The molecule has 4 N–H and O–H groups in total. The molecule has 3 rings (SSSR count). The standard InChI is InChI=1S/C21H26N4O4S/c1-15(24-17-6-8-18(9-7-17)25-14-2-3-20(25)26)21(27)23-13-12-16-4-10-19(11-5-16)30(22,28)29/h4-11,15,24H,2-3,12-14H2,1H3,(H,23,27)(H2,22,28,29)/t15-/m0/s1. The minimum absolute atomic E-state index is 0.0632. The van der Waals surface area contributed by atoms with Gasteiger partial charge in [0, 0.05) is 30.9 Å². The number of benzene rings is 2. The molecule has 2 aromatic carbocycles. The van der Waals surface area contributed by atoms with Gasteiger partial charge in [-0.3, -0.25) is 9.59 Å². The van der Waals surface area contributed by atoms with Crippen molar-refractivity contribution >= 4 is 33.2 Å². The van der Waals surface area contributed by atoms with E-state index in [4.69, 9.17) is 5.14 Å². The van der Waals surface area contributed by atoms with Gasteiger partial charge in [-0.25, -0.2) is 13.6 Å². The number of nitrogens with one attached hydrogen (secondary N) is 2. The van der Waals surface area contributed by atoms with Crippen LogP contribution in [-0.2, 0) is 26.0 Å². The zero-order chi connectivity index (χ0) is 21.7. The van der Waals surface area contributed by atoms with E-state index in [9.17, 15) is 18.0 Å². The highest BCUT2D eigenvalue weighted by Gasteiger charge is 2.21. The summed E-state index contributed by atoms with van der Waals surface area (Å²) in [7, 11) is -3.70. The highest BCUT2D eigenvalue weighted by molar-refractivity contribution is 7.89. The number of nitrogens with zero attached hydrogens (tertiary/aromatic N) is 1. The number of nitrogens with two attached hydrogens (primary N) is 1. The van der Waals surface area contributed by atoms with E-state index >= 15 is 0 Å². The van der Waals surface area contributed by atoms with Crippen molar-refractivity contribution in [1.29, 1.82) is 0 Å². The largest absolute Gasteiger partial charge is 0.374 e. The average molecular weight is 431 g/mol. The zero-order valence-electron chi connectivity index (χ0n) is 16.8. The monoisotopic (exact) mass is 430 g/mol. The Bertz CT molecular complexity index is 1000. The molecule has 8 nitrogen and oxygen atoms in total. The van der Waals surface area contributed by atoms with E-state index in [1.54, 1.807) is 24.0 Å². The van der Waals surface area contributed by atoms with Crippen LogP contribution in [0.1, 0.15) is 25.3 Å². The van der Waals surface area contributed by atoms with Gasteiger partial charge >= 0.3 is 0 Å². The van der Waals surface area contributed by atoms with E-state index in [2.05, 4.69) is 10.6 Å². The van der Waals surface area contributed by atoms with E-state index in [-0.39, 0.29) is 16.7 Å². The molecule has 1 aliphatic rings. The summed E-state index contributed by atoms with van der Waals surface area (Å²) in [6, 6.07) is 13.3. The molecular weight excluding hydrogens is 404 g/mol. The first-order valence-electron chi connectivity index (χ1n) is 9.80. The zero-order valence-corrected chi connectivity index (χ0v) is 17.6. The van der Waals surface area contributed by atoms with Gasteiger partial charge in [-0.1, -0.05) is 12.1 Å². The van der Waals surface area contributed by atoms with Crippen LogP contribution in [-0.4, -0.2) is 39.4 Å². The maximum absolute atomic E-state index is 12.3. The molecular formula is C21H26N4O4S. The van der Waals surface area contributed by atoms with Gasteiger partial charge in [-0.2, -0.15) is 0 Å². The third-order valence-electron chi connectivity index (χ3n) is 4.99. The van der Waals surface area contributed by atoms with Crippen LogP contribution in [0.3, 0.4) is 0 Å². The topological polar surface area (TPSA) is 122 Å². The Labute approximate surface area is 176 Å². The fraction of sp³-hybridized carbons (Fsp3) is 0.333. The second-order valence-electron chi connectivity index (χ2n) is 7.29. The summed E-state index contributed by atoms with van der Waals surface area (Å²) in [5, 5.41) is 11.1. The quantitative estimate of drug-likeness (QED) is 0.588. The van der Waals surface area contributed by atoms with Gasteiger partial charge in [-0.15, -0.1) is 0 Å². The number of carbonyl (C=O) groups excluding carboxylic acids is 2. The lowest BCUT2D eigenvalue weighted by Gasteiger charge is -2.18. The Hall–Kier alpha value is -2.91. The molecule has 0 aliphatic carbocycles. The summed E-state index contributed by atoms with van der Waals surface area (Å²) in [5.74, 6) is -0.00213. The number of anilines is 2. The molecule has 1 fully saturated rings. The minimum Gasteiger partial charge on any atom is -0.374 e. The first kappa shape index (κ1) is 21.8. The van der Waals surface area contributed by atoms with Gasteiger partial charge in [0.25, 0.3) is 0 Å². The fourth-order valence-electron chi connectivity index (χ4n) is 3.30. The van der Waals surface area contributed by atoms with Crippen molar-refractivity contribution < 1.29 is 18.0 Å². The third kappa shape index (κ3) is 5.58. The Balaban J connectivity index is 1.46. The van der Waals surface area contributed by atoms with Crippen LogP contribution >= 0.6 is 0 Å². The maximum atomic E-state index is 12.3. The molecule has 2 aromatic rings. The summed E-state index contributed by atoms with van der Waals surface area (Å²) >= 11 is 0. The maximum Gasteiger partial charge on any atom is 0.242 e. The molecule has 1 atom stereocenters. The number of hydrogen-bond donors (Lipinski definition) is 3. The summed E-state index contributed by atoms with van der Waals surface area (Å²) < 4.78 is 22.5. The van der Waals surface area contributed by atoms with Crippen LogP contribution in [0.15, 0.2) is 53.4 Å². The van der Waals surface area contributed by atoms with Crippen LogP contribution in [0.2, 0.25) is 0 Å². The minimum atomic E-state index is -3.70. The second kappa shape index (κ2) is 9.27. The molecule has 1 aliphatic heterocycles. The van der Waals surface area contributed by atoms with E-state index in [1.165, 1.54) is 12.1 Å². The number of amides is 2. The lowest BCUT2D eigenvalue weighted by Crippen LogP contribution is -2.38. The van der Waals surface area contributed by atoms with Crippen LogP contribution in [0.5, 0.6) is 0 Å². The number of sulfonamides is 1. The third-order valence-corrected chi connectivity index (χ3v) is 5.92. The van der Waals surface area contributed by atoms with Crippen LogP contribution in [0.25, 0.3) is 0 Å². The van der Waals surface area contributed by atoms with E-state index in [0.717, 1.165) is 29.9 Å². The molecule has 2 amide bonds. The lowest BCUT2D eigenvalue weighted by molar-refractivity contribution is -0.121. The first-order chi connectivity index (χ1) is 14.2. The number of rotatable bonds is 8.